The summed E-state index contributed by atoms with van der Waals surface area (Å²) in [5.41, 5.74) is 3.79. The van der Waals surface area contributed by atoms with E-state index in [2.05, 4.69) is 10.6 Å². The number of benzene rings is 2. The zero-order valence-corrected chi connectivity index (χ0v) is 19.1. The van der Waals surface area contributed by atoms with Gasteiger partial charge in [0, 0.05) is 17.8 Å². The molecule has 1 aromatic heterocycles. The second kappa shape index (κ2) is 10.5. The molecule has 0 saturated heterocycles. The van der Waals surface area contributed by atoms with Gasteiger partial charge in [0.2, 0.25) is 5.91 Å². The lowest BCUT2D eigenvalue weighted by atomic mass is 9.95. The molecule has 2 amide bonds. The molecule has 0 saturated carbocycles. The van der Waals surface area contributed by atoms with Crippen LogP contribution in [0.1, 0.15) is 51.2 Å². The SMILES string of the molecule is COc1ccccc1CCC(=O)Nc1sc2c(c1C(=O)NCc1ccccc1)CCCC2. The average molecular weight is 449 g/mol. The van der Waals surface area contributed by atoms with Crippen LogP contribution >= 0.6 is 11.3 Å². The van der Waals surface area contributed by atoms with Crippen molar-refractivity contribution in [3.05, 3.63) is 81.7 Å². The quantitative estimate of drug-likeness (QED) is 0.502. The van der Waals surface area contributed by atoms with E-state index in [1.807, 2.05) is 54.6 Å². The number of aryl methyl sites for hydroxylation is 2. The van der Waals surface area contributed by atoms with Crippen LogP contribution in [0.15, 0.2) is 54.6 Å². The van der Waals surface area contributed by atoms with Gasteiger partial charge >= 0.3 is 0 Å². The van der Waals surface area contributed by atoms with Crippen molar-refractivity contribution in [2.75, 3.05) is 12.4 Å². The lowest BCUT2D eigenvalue weighted by molar-refractivity contribution is -0.116. The van der Waals surface area contributed by atoms with Crippen molar-refractivity contribution in [2.24, 2.45) is 0 Å². The molecule has 0 atom stereocenters. The standard InChI is InChI=1S/C26H28N2O3S/c1-31-21-13-7-5-11-19(21)15-16-23(29)28-26-24(20-12-6-8-14-22(20)32-26)25(30)27-17-18-9-3-2-4-10-18/h2-5,7,9-11,13H,6,8,12,14-17H2,1H3,(H,27,30)(H,28,29). The predicted octanol–water partition coefficient (Wildman–Crippen LogP) is 5.14. The smallest absolute Gasteiger partial charge is 0.254 e. The summed E-state index contributed by atoms with van der Waals surface area (Å²) in [5, 5.41) is 6.74. The molecule has 0 spiro atoms. The van der Waals surface area contributed by atoms with E-state index in [0.717, 1.165) is 48.1 Å². The molecule has 1 aliphatic carbocycles. The van der Waals surface area contributed by atoms with Crippen molar-refractivity contribution < 1.29 is 14.3 Å². The van der Waals surface area contributed by atoms with Gasteiger partial charge in [0.25, 0.3) is 5.91 Å². The number of ether oxygens (including phenoxy) is 1. The molecule has 1 aliphatic rings. The van der Waals surface area contributed by atoms with E-state index in [-0.39, 0.29) is 11.8 Å². The molecule has 0 bridgehead atoms. The number of fused-ring (bicyclic) bond motifs is 1. The fourth-order valence-electron chi connectivity index (χ4n) is 4.11. The number of amides is 2. The third kappa shape index (κ3) is 5.19. The molecule has 0 fully saturated rings. The Hall–Kier alpha value is -3.12. The van der Waals surface area contributed by atoms with Crippen LogP contribution in [0.2, 0.25) is 0 Å². The van der Waals surface area contributed by atoms with Crippen molar-refractivity contribution >= 4 is 28.2 Å². The monoisotopic (exact) mass is 448 g/mol. The van der Waals surface area contributed by atoms with E-state index < -0.39 is 0 Å². The Labute approximate surface area is 192 Å². The van der Waals surface area contributed by atoms with Crippen LogP contribution in [0.5, 0.6) is 5.75 Å². The highest BCUT2D eigenvalue weighted by Crippen LogP contribution is 2.38. The van der Waals surface area contributed by atoms with Gasteiger partial charge < -0.3 is 15.4 Å². The molecule has 4 rings (SSSR count). The summed E-state index contributed by atoms with van der Waals surface area (Å²) in [6.07, 6.45) is 4.96. The third-order valence-electron chi connectivity index (χ3n) is 5.76. The topological polar surface area (TPSA) is 67.4 Å². The zero-order chi connectivity index (χ0) is 22.3. The number of thiophene rings is 1. The Kier molecular flexibility index (Phi) is 7.22. The van der Waals surface area contributed by atoms with Crippen molar-refractivity contribution in [3.63, 3.8) is 0 Å². The summed E-state index contributed by atoms with van der Waals surface area (Å²) >= 11 is 1.55. The molecule has 2 aromatic carbocycles. The molecule has 166 valence electrons. The molecular formula is C26H28N2O3S. The van der Waals surface area contributed by atoms with Gasteiger partial charge in [-0.1, -0.05) is 48.5 Å². The molecular weight excluding hydrogens is 420 g/mol. The van der Waals surface area contributed by atoms with E-state index in [1.54, 1.807) is 18.4 Å². The Morgan fingerprint density at radius 2 is 1.75 bits per heavy atom. The van der Waals surface area contributed by atoms with Crippen LogP contribution < -0.4 is 15.4 Å². The number of hydrogen-bond donors (Lipinski definition) is 2. The second-order valence-electron chi connectivity index (χ2n) is 7.94. The molecule has 0 unspecified atom stereocenters. The lowest BCUT2D eigenvalue weighted by Crippen LogP contribution is -2.25. The van der Waals surface area contributed by atoms with Gasteiger partial charge in [0.05, 0.1) is 12.7 Å². The van der Waals surface area contributed by atoms with Gasteiger partial charge in [0.15, 0.2) is 0 Å². The number of nitrogens with one attached hydrogen (secondary N) is 2. The van der Waals surface area contributed by atoms with Crippen molar-refractivity contribution in [1.82, 2.24) is 5.32 Å². The average Bonchev–Trinajstić information content (AvgIpc) is 3.19. The zero-order valence-electron chi connectivity index (χ0n) is 18.3. The molecule has 5 nitrogen and oxygen atoms in total. The molecule has 2 N–H and O–H groups in total. The first-order chi connectivity index (χ1) is 15.7. The van der Waals surface area contributed by atoms with Crippen LogP contribution in [0, 0.1) is 0 Å². The highest BCUT2D eigenvalue weighted by Gasteiger charge is 2.26. The molecule has 1 heterocycles. The van der Waals surface area contributed by atoms with E-state index >= 15 is 0 Å². The maximum Gasteiger partial charge on any atom is 0.254 e. The summed E-state index contributed by atoms with van der Waals surface area (Å²) in [5.74, 6) is 0.577. The number of carbonyl (C=O) groups excluding carboxylic acids is 2. The highest BCUT2D eigenvalue weighted by atomic mass is 32.1. The first kappa shape index (κ1) is 22.1. The van der Waals surface area contributed by atoms with Gasteiger partial charge in [0.1, 0.15) is 10.8 Å². The fraction of sp³-hybridized carbons (Fsp3) is 0.308. The van der Waals surface area contributed by atoms with Crippen molar-refractivity contribution in [1.29, 1.82) is 0 Å². The van der Waals surface area contributed by atoms with E-state index in [0.29, 0.717) is 30.0 Å². The van der Waals surface area contributed by atoms with Crippen molar-refractivity contribution in [3.8, 4) is 5.75 Å². The van der Waals surface area contributed by atoms with Crippen LogP contribution in [-0.2, 0) is 30.6 Å². The molecule has 6 heteroatoms. The van der Waals surface area contributed by atoms with E-state index in [9.17, 15) is 9.59 Å². The Balaban J connectivity index is 1.47. The minimum absolute atomic E-state index is 0.0911. The lowest BCUT2D eigenvalue weighted by Gasteiger charge is -2.13. The van der Waals surface area contributed by atoms with E-state index in [4.69, 9.17) is 4.74 Å². The first-order valence-corrected chi connectivity index (χ1v) is 11.9. The third-order valence-corrected chi connectivity index (χ3v) is 6.97. The number of carbonyl (C=O) groups is 2. The molecule has 32 heavy (non-hydrogen) atoms. The van der Waals surface area contributed by atoms with Gasteiger partial charge in [-0.15, -0.1) is 11.3 Å². The number of rotatable bonds is 8. The molecule has 0 aliphatic heterocycles. The number of methoxy groups -OCH3 is 1. The molecule has 0 radical (unpaired) electrons. The first-order valence-electron chi connectivity index (χ1n) is 11.0. The van der Waals surface area contributed by atoms with Gasteiger partial charge in [-0.3, -0.25) is 9.59 Å². The Morgan fingerprint density at radius 3 is 2.56 bits per heavy atom. The summed E-state index contributed by atoms with van der Waals surface area (Å²) in [6, 6.07) is 17.6. The van der Waals surface area contributed by atoms with Crippen LogP contribution in [0.3, 0.4) is 0 Å². The van der Waals surface area contributed by atoms with Gasteiger partial charge in [-0.25, -0.2) is 0 Å². The largest absolute Gasteiger partial charge is 0.496 e. The highest BCUT2D eigenvalue weighted by molar-refractivity contribution is 7.17. The van der Waals surface area contributed by atoms with Crippen molar-refractivity contribution in [2.45, 2.75) is 45.1 Å². The summed E-state index contributed by atoms with van der Waals surface area (Å²) in [6.45, 7) is 0.464. The summed E-state index contributed by atoms with van der Waals surface area (Å²) < 4.78 is 5.38. The Bertz CT molecular complexity index is 1090. The minimum atomic E-state index is -0.117. The number of hydrogen-bond acceptors (Lipinski definition) is 4. The number of anilines is 1. The normalized spacial score (nSPS) is 12.7. The number of para-hydroxylation sites is 1. The second-order valence-corrected chi connectivity index (χ2v) is 9.05. The van der Waals surface area contributed by atoms with Crippen LogP contribution in [0.4, 0.5) is 5.00 Å². The maximum atomic E-state index is 13.1. The van der Waals surface area contributed by atoms with Gasteiger partial charge in [-0.2, -0.15) is 0 Å². The fourth-order valence-corrected chi connectivity index (χ4v) is 5.41. The summed E-state index contributed by atoms with van der Waals surface area (Å²) in [4.78, 5) is 27.1. The predicted molar refractivity (Wildman–Crippen MR) is 129 cm³/mol. The van der Waals surface area contributed by atoms with Crippen LogP contribution in [-0.4, -0.2) is 18.9 Å². The van der Waals surface area contributed by atoms with E-state index in [1.165, 1.54) is 4.88 Å². The Morgan fingerprint density at radius 1 is 1.00 bits per heavy atom. The molecule has 3 aromatic rings. The minimum Gasteiger partial charge on any atom is -0.496 e. The van der Waals surface area contributed by atoms with Gasteiger partial charge in [-0.05, 0) is 54.9 Å². The summed E-state index contributed by atoms with van der Waals surface area (Å²) in [7, 11) is 1.63. The maximum absolute atomic E-state index is 13.1. The van der Waals surface area contributed by atoms with Crippen LogP contribution in [0.25, 0.3) is 0 Å².